The second kappa shape index (κ2) is 5.03. The zero-order valence-corrected chi connectivity index (χ0v) is 11.9. The van der Waals surface area contributed by atoms with Crippen molar-refractivity contribution >= 4 is 9.84 Å². The van der Waals surface area contributed by atoms with E-state index in [0.717, 1.165) is 24.8 Å². The van der Waals surface area contributed by atoms with Gasteiger partial charge in [-0.15, -0.1) is 0 Å². The van der Waals surface area contributed by atoms with Gasteiger partial charge < -0.3 is 5.73 Å². The van der Waals surface area contributed by atoms with Crippen LogP contribution in [0.25, 0.3) is 0 Å². The van der Waals surface area contributed by atoms with E-state index in [-0.39, 0.29) is 4.90 Å². The van der Waals surface area contributed by atoms with Crippen LogP contribution >= 0.6 is 0 Å². The Morgan fingerprint density at radius 1 is 1.35 bits per heavy atom. The molecule has 1 unspecified atom stereocenters. The second-order valence-corrected chi connectivity index (χ2v) is 7.07. The van der Waals surface area contributed by atoms with E-state index in [0.29, 0.717) is 17.4 Å². The summed E-state index contributed by atoms with van der Waals surface area (Å²) in [6.45, 7) is 0.612. The van der Waals surface area contributed by atoms with Gasteiger partial charge in [0.2, 0.25) is 9.84 Å². The number of nitrogens with one attached hydrogen (secondary N) is 1. The molecule has 1 aromatic carbocycles. The lowest BCUT2D eigenvalue weighted by atomic mass is 9.83. The highest BCUT2D eigenvalue weighted by Crippen LogP contribution is 2.33. The molecular weight excluding hydrogens is 274 g/mol. The van der Waals surface area contributed by atoms with Crippen LogP contribution in [0.5, 0.6) is 0 Å². The first kappa shape index (κ1) is 13.3. The smallest absolute Gasteiger partial charge is 0.209 e. The van der Waals surface area contributed by atoms with E-state index >= 15 is 0 Å². The van der Waals surface area contributed by atoms with Crippen LogP contribution in [-0.2, 0) is 16.3 Å². The highest BCUT2D eigenvalue weighted by molar-refractivity contribution is 7.91. The summed E-state index contributed by atoms with van der Waals surface area (Å²) in [7, 11) is -3.48. The van der Waals surface area contributed by atoms with Gasteiger partial charge in [0.25, 0.3) is 0 Å². The Morgan fingerprint density at radius 3 is 2.90 bits per heavy atom. The summed E-state index contributed by atoms with van der Waals surface area (Å²) >= 11 is 0. The molecule has 0 bridgehead atoms. The number of hydrogen-bond donors (Lipinski definition) is 2. The van der Waals surface area contributed by atoms with Crippen molar-refractivity contribution < 1.29 is 8.42 Å². The first-order valence-corrected chi connectivity index (χ1v) is 8.18. The van der Waals surface area contributed by atoms with Gasteiger partial charge in [0.15, 0.2) is 0 Å². The van der Waals surface area contributed by atoms with E-state index in [2.05, 4.69) is 10.2 Å². The summed E-state index contributed by atoms with van der Waals surface area (Å²) < 4.78 is 24.9. The third-order valence-electron chi connectivity index (χ3n) is 3.93. The Kier molecular flexibility index (Phi) is 3.35. The number of nitrogens with two attached hydrogens (primary N) is 1. The van der Waals surface area contributed by atoms with E-state index in [1.54, 1.807) is 12.1 Å². The molecule has 0 fully saturated rings. The van der Waals surface area contributed by atoms with E-state index in [1.165, 1.54) is 18.0 Å². The maximum Gasteiger partial charge on any atom is 0.209 e. The van der Waals surface area contributed by atoms with Crippen molar-refractivity contribution in [2.75, 3.05) is 6.54 Å². The maximum atomic E-state index is 12.4. The Morgan fingerprint density at radius 2 is 2.20 bits per heavy atom. The number of sulfone groups is 1. The number of aromatic amines is 1. The SMILES string of the molecule is NCC1CCCc2cc(S(=O)(=O)c3cn[nH]c3)ccc21. The molecule has 0 aliphatic heterocycles. The van der Waals surface area contributed by atoms with Gasteiger partial charge in [-0.25, -0.2) is 8.42 Å². The third-order valence-corrected chi connectivity index (χ3v) is 5.65. The minimum absolute atomic E-state index is 0.198. The molecule has 1 aromatic heterocycles. The fourth-order valence-electron chi connectivity index (χ4n) is 2.83. The van der Waals surface area contributed by atoms with Gasteiger partial charge in [-0.2, -0.15) is 5.10 Å². The first-order chi connectivity index (χ1) is 9.63. The van der Waals surface area contributed by atoms with E-state index in [1.807, 2.05) is 6.07 Å². The van der Waals surface area contributed by atoms with Crippen molar-refractivity contribution in [1.29, 1.82) is 0 Å². The zero-order valence-electron chi connectivity index (χ0n) is 11.0. The van der Waals surface area contributed by atoms with Gasteiger partial charge in [0, 0.05) is 6.20 Å². The van der Waals surface area contributed by atoms with Crippen LogP contribution in [0.2, 0.25) is 0 Å². The number of H-pyrrole nitrogens is 1. The van der Waals surface area contributed by atoms with Gasteiger partial charge in [-0.05, 0) is 55.0 Å². The largest absolute Gasteiger partial charge is 0.330 e. The summed E-state index contributed by atoms with van der Waals surface area (Å²) in [6.07, 6.45) is 5.79. The quantitative estimate of drug-likeness (QED) is 0.899. The number of hydrogen-bond acceptors (Lipinski definition) is 4. The van der Waals surface area contributed by atoms with E-state index in [4.69, 9.17) is 5.73 Å². The molecule has 1 aliphatic carbocycles. The van der Waals surface area contributed by atoms with E-state index < -0.39 is 9.84 Å². The highest BCUT2D eigenvalue weighted by atomic mass is 32.2. The molecule has 1 aliphatic rings. The third kappa shape index (κ3) is 2.14. The van der Waals surface area contributed by atoms with Crippen LogP contribution in [-0.4, -0.2) is 25.2 Å². The van der Waals surface area contributed by atoms with Gasteiger partial charge in [0.1, 0.15) is 4.90 Å². The number of fused-ring (bicyclic) bond motifs is 1. The molecule has 6 heteroatoms. The second-order valence-electron chi connectivity index (χ2n) is 5.12. The predicted molar refractivity (Wildman–Crippen MR) is 75.2 cm³/mol. The molecule has 3 rings (SSSR count). The Labute approximate surface area is 118 Å². The maximum absolute atomic E-state index is 12.4. The number of nitrogens with zero attached hydrogens (tertiary/aromatic N) is 1. The van der Waals surface area contributed by atoms with Gasteiger partial charge in [0.05, 0.1) is 11.1 Å². The van der Waals surface area contributed by atoms with Crippen molar-refractivity contribution in [1.82, 2.24) is 10.2 Å². The van der Waals surface area contributed by atoms with Gasteiger partial charge >= 0.3 is 0 Å². The molecule has 20 heavy (non-hydrogen) atoms. The number of rotatable bonds is 3. The summed E-state index contributed by atoms with van der Waals surface area (Å²) in [5.41, 5.74) is 8.10. The number of aromatic nitrogens is 2. The number of benzene rings is 1. The average molecular weight is 291 g/mol. The lowest BCUT2D eigenvalue weighted by Crippen LogP contribution is -2.18. The van der Waals surface area contributed by atoms with Crippen molar-refractivity contribution in [2.45, 2.75) is 35.0 Å². The van der Waals surface area contributed by atoms with Crippen LogP contribution in [0.15, 0.2) is 40.4 Å². The van der Waals surface area contributed by atoms with Crippen LogP contribution < -0.4 is 5.73 Å². The van der Waals surface area contributed by atoms with Crippen LogP contribution in [0, 0.1) is 0 Å². The minimum atomic E-state index is -3.48. The molecule has 1 atom stereocenters. The molecule has 106 valence electrons. The normalized spacial score (nSPS) is 18.8. The molecule has 1 heterocycles. The molecule has 0 amide bonds. The Hall–Kier alpha value is -1.66. The molecule has 0 radical (unpaired) electrons. The van der Waals surface area contributed by atoms with Crippen molar-refractivity contribution in [2.24, 2.45) is 5.73 Å². The van der Waals surface area contributed by atoms with E-state index in [9.17, 15) is 8.42 Å². The van der Waals surface area contributed by atoms with Crippen molar-refractivity contribution in [3.63, 3.8) is 0 Å². The Bertz CT molecular complexity index is 708. The monoisotopic (exact) mass is 291 g/mol. The van der Waals surface area contributed by atoms with Crippen molar-refractivity contribution in [3.8, 4) is 0 Å². The summed E-state index contributed by atoms with van der Waals surface area (Å²) in [4.78, 5) is 0.527. The van der Waals surface area contributed by atoms with Gasteiger partial charge in [-0.1, -0.05) is 6.07 Å². The standard InChI is InChI=1S/C14H17N3O2S/c15-7-11-3-1-2-10-6-12(4-5-14(10)11)20(18,19)13-8-16-17-9-13/h4-6,8-9,11H,1-3,7,15H2,(H,16,17). The molecular formula is C14H17N3O2S. The topological polar surface area (TPSA) is 88.8 Å². The average Bonchev–Trinajstić information content (AvgIpc) is 3.01. The van der Waals surface area contributed by atoms with Crippen LogP contribution in [0.1, 0.15) is 29.9 Å². The lowest BCUT2D eigenvalue weighted by Gasteiger charge is -2.24. The van der Waals surface area contributed by atoms with Crippen LogP contribution in [0.4, 0.5) is 0 Å². The van der Waals surface area contributed by atoms with Crippen LogP contribution in [0.3, 0.4) is 0 Å². The fourth-order valence-corrected chi connectivity index (χ4v) is 4.04. The summed E-state index contributed by atoms with van der Waals surface area (Å²) in [5.74, 6) is 0.351. The van der Waals surface area contributed by atoms with Crippen molar-refractivity contribution in [3.05, 3.63) is 41.7 Å². The molecule has 0 saturated heterocycles. The molecule has 2 aromatic rings. The fraction of sp³-hybridized carbons (Fsp3) is 0.357. The van der Waals surface area contributed by atoms with Gasteiger partial charge in [-0.3, -0.25) is 5.10 Å². The molecule has 3 N–H and O–H groups in total. The number of aryl methyl sites for hydroxylation is 1. The minimum Gasteiger partial charge on any atom is -0.330 e. The zero-order chi connectivity index (χ0) is 14.2. The summed E-state index contributed by atoms with van der Waals surface area (Å²) in [6, 6.07) is 5.38. The first-order valence-electron chi connectivity index (χ1n) is 6.69. The lowest BCUT2D eigenvalue weighted by molar-refractivity contribution is 0.558. The summed E-state index contributed by atoms with van der Waals surface area (Å²) in [5, 5.41) is 6.24. The predicted octanol–water partition coefficient (Wildman–Crippen LogP) is 1.62. The Balaban J connectivity index is 2.05. The molecule has 5 nitrogen and oxygen atoms in total. The molecule has 0 saturated carbocycles. The molecule has 0 spiro atoms. The highest BCUT2D eigenvalue weighted by Gasteiger charge is 2.23.